The summed E-state index contributed by atoms with van der Waals surface area (Å²) in [4.78, 5) is 25.3. The number of rotatable bonds is 6. The number of fused-ring (bicyclic) bond motifs is 3. The van der Waals surface area contributed by atoms with Crippen LogP contribution in [0.4, 0.5) is 5.69 Å². The van der Waals surface area contributed by atoms with E-state index in [0.717, 1.165) is 16.4 Å². The third-order valence-corrected chi connectivity index (χ3v) is 4.08. The second kappa shape index (κ2) is 7.45. The molecule has 3 aromatic rings. The molecule has 0 bridgehead atoms. The summed E-state index contributed by atoms with van der Waals surface area (Å²) in [7, 11) is 4.81. The Morgan fingerprint density at radius 3 is 2.54 bits per heavy atom. The Hall–Kier alpha value is -3.06. The van der Waals surface area contributed by atoms with Crippen molar-refractivity contribution in [3.05, 3.63) is 36.4 Å². The van der Waals surface area contributed by atoms with Gasteiger partial charge in [-0.25, -0.2) is 0 Å². The van der Waals surface area contributed by atoms with Crippen molar-refractivity contribution in [1.29, 1.82) is 0 Å². The molecule has 0 saturated carbocycles. The van der Waals surface area contributed by atoms with E-state index in [2.05, 4.69) is 10.6 Å². The zero-order valence-corrected chi connectivity index (χ0v) is 15.0. The molecule has 2 amide bonds. The Balaban J connectivity index is 1.83. The second-order valence-corrected chi connectivity index (χ2v) is 6.04. The molecule has 3 rings (SSSR count). The van der Waals surface area contributed by atoms with E-state index in [1.165, 1.54) is 0 Å². The van der Waals surface area contributed by atoms with Crippen LogP contribution in [-0.4, -0.2) is 51.0 Å². The number of carbonyl (C=O) groups excluding carboxylic acids is 2. The van der Waals surface area contributed by atoms with Crippen molar-refractivity contribution in [2.75, 3.05) is 39.6 Å². The number of likely N-dealkylation sites (N-methyl/N-ethyl adjacent to an activating group) is 2. The molecule has 2 aromatic carbocycles. The van der Waals surface area contributed by atoms with E-state index < -0.39 is 0 Å². The number of nitrogens with zero attached hydrogens (tertiary/aromatic N) is 1. The van der Waals surface area contributed by atoms with Crippen LogP contribution in [0.1, 0.15) is 0 Å². The highest BCUT2D eigenvalue weighted by Gasteiger charge is 2.15. The second-order valence-electron chi connectivity index (χ2n) is 6.04. The van der Waals surface area contributed by atoms with Gasteiger partial charge < -0.3 is 19.8 Å². The number of hydrogen-bond donors (Lipinski definition) is 2. The van der Waals surface area contributed by atoms with Gasteiger partial charge in [0.1, 0.15) is 16.9 Å². The molecule has 0 aliphatic heterocycles. The summed E-state index contributed by atoms with van der Waals surface area (Å²) in [5.74, 6) is 0.151. The van der Waals surface area contributed by atoms with Crippen LogP contribution in [0.25, 0.3) is 21.9 Å². The summed E-state index contributed by atoms with van der Waals surface area (Å²) in [6.45, 7) is 0.221. The van der Waals surface area contributed by atoms with Crippen molar-refractivity contribution in [1.82, 2.24) is 10.2 Å². The van der Waals surface area contributed by atoms with Gasteiger partial charge in [0.05, 0.1) is 25.9 Å². The highest BCUT2D eigenvalue weighted by Crippen LogP contribution is 2.36. The van der Waals surface area contributed by atoms with Crippen molar-refractivity contribution < 1.29 is 18.7 Å². The zero-order chi connectivity index (χ0) is 18.7. The van der Waals surface area contributed by atoms with Gasteiger partial charge in [-0.05, 0) is 19.2 Å². The number of carbonyl (C=O) groups is 2. The molecule has 0 aliphatic carbocycles. The van der Waals surface area contributed by atoms with E-state index in [-0.39, 0.29) is 24.9 Å². The average molecular weight is 355 g/mol. The van der Waals surface area contributed by atoms with Gasteiger partial charge in [0.2, 0.25) is 11.8 Å². The number of amides is 2. The molecular formula is C19H21N3O4. The number of anilines is 1. The number of ether oxygens (including phenoxy) is 1. The van der Waals surface area contributed by atoms with Crippen LogP contribution in [0.2, 0.25) is 0 Å². The highest BCUT2D eigenvalue weighted by molar-refractivity contribution is 6.07. The maximum absolute atomic E-state index is 12.3. The van der Waals surface area contributed by atoms with E-state index in [0.29, 0.717) is 17.0 Å². The fourth-order valence-electron chi connectivity index (χ4n) is 2.83. The first-order chi connectivity index (χ1) is 12.5. The predicted octanol–water partition coefficient (Wildman–Crippen LogP) is 2.21. The number of methoxy groups -OCH3 is 1. The van der Waals surface area contributed by atoms with Crippen LogP contribution in [-0.2, 0) is 9.59 Å². The van der Waals surface area contributed by atoms with E-state index in [1.54, 1.807) is 32.2 Å². The van der Waals surface area contributed by atoms with Crippen molar-refractivity contribution >= 4 is 39.4 Å². The predicted molar refractivity (Wildman–Crippen MR) is 100 cm³/mol. The van der Waals surface area contributed by atoms with Crippen LogP contribution in [0.5, 0.6) is 5.75 Å². The molecule has 1 heterocycles. The van der Waals surface area contributed by atoms with E-state index in [9.17, 15) is 9.59 Å². The van der Waals surface area contributed by atoms with Gasteiger partial charge in [-0.1, -0.05) is 18.2 Å². The number of para-hydroxylation sites is 1. The van der Waals surface area contributed by atoms with Gasteiger partial charge >= 0.3 is 0 Å². The van der Waals surface area contributed by atoms with E-state index in [4.69, 9.17) is 9.15 Å². The quantitative estimate of drug-likeness (QED) is 0.708. The summed E-state index contributed by atoms with van der Waals surface area (Å²) < 4.78 is 11.3. The summed E-state index contributed by atoms with van der Waals surface area (Å²) in [6.07, 6.45) is 0. The summed E-state index contributed by atoms with van der Waals surface area (Å²) in [5.41, 5.74) is 1.97. The molecule has 0 atom stereocenters. The smallest absolute Gasteiger partial charge is 0.238 e. The number of hydrogen-bond acceptors (Lipinski definition) is 5. The van der Waals surface area contributed by atoms with Gasteiger partial charge in [0, 0.05) is 23.9 Å². The minimum absolute atomic E-state index is 0.0781. The molecule has 136 valence electrons. The van der Waals surface area contributed by atoms with Crippen molar-refractivity contribution in [3.8, 4) is 5.75 Å². The molecule has 2 N–H and O–H groups in total. The van der Waals surface area contributed by atoms with Gasteiger partial charge in [0.15, 0.2) is 0 Å². The van der Waals surface area contributed by atoms with Gasteiger partial charge in [-0.3, -0.25) is 14.5 Å². The Kier molecular flexibility index (Phi) is 5.09. The van der Waals surface area contributed by atoms with E-state index in [1.807, 2.05) is 30.3 Å². The summed E-state index contributed by atoms with van der Waals surface area (Å²) in [5, 5.41) is 7.26. The topological polar surface area (TPSA) is 83.8 Å². The minimum Gasteiger partial charge on any atom is -0.495 e. The lowest BCUT2D eigenvalue weighted by Gasteiger charge is -2.16. The normalized spacial score (nSPS) is 11.1. The van der Waals surface area contributed by atoms with Crippen LogP contribution in [0, 0.1) is 0 Å². The number of benzene rings is 2. The first-order valence-corrected chi connectivity index (χ1v) is 8.20. The third-order valence-electron chi connectivity index (χ3n) is 4.08. The number of furan rings is 1. The first kappa shape index (κ1) is 17.8. The first-order valence-electron chi connectivity index (χ1n) is 8.20. The minimum atomic E-state index is -0.245. The molecule has 7 heteroatoms. The van der Waals surface area contributed by atoms with Crippen LogP contribution >= 0.6 is 0 Å². The van der Waals surface area contributed by atoms with Crippen LogP contribution < -0.4 is 15.4 Å². The molecule has 0 aliphatic rings. The number of nitrogens with one attached hydrogen (secondary N) is 2. The van der Waals surface area contributed by atoms with Crippen LogP contribution in [0.15, 0.2) is 40.8 Å². The lowest BCUT2D eigenvalue weighted by atomic mass is 10.1. The SMILES string of the molecule is CNC(=O)CN(C)CC(=O)Nc1cc2oc3ccccc3c2cc1OC. The van der Waals surface area contributed by atoms with Crippen LogP contribution in [0.3, 0.4) is 0 Å². The summed E-state index contributed by atoms with van der Waals surface area (Å²) >= 11 is 0. The molecule has 0 spiro atoms. The summed E-state index contributed by atoms with van der Waals surface area (Å²) in [6, 6.07) is 11.3. The molecule has 0 fully saturated rings. The van der Waals surface area contributed by atoms with Gasteiger partial charge in [0.25, 0.3) is 0 Å². The lowest BCUT2D eigenvalue weighted by Crippen LogP contribution is -2.37. The highest BCUT2D eigenvalue weighted by atomic mass is 16.5. The molecular weight excluding hydrogens is 334 g/mol. The molecule has 26 heavy (non-hydrogen) atoms. The molecule has 0 unspecified atom stereocenters. The Labute approximate surface area is 150 Å². The standard InChI is InChI=1S/C19H21N3O4/c1-20-18(23)10-22(2)11-19(24)21-14-9-16-13(8-17(14)25-3)12-6-4-5-7-15(12)26-16/h4-9H,10-11H2,1-3H3,(H,20,23)(H,21,24). The molecule has 1 aromatic heterocycles. The largest absolute Gasteiger partial charge is 0.495 e. The monoisotopic (exact) mass is 355 g/mol. The van der Waals surface area contributed by atoms with Crippen molar-refractivity contribution in [2.45, 2.75) is 0 Å². The Morgan fingerprint density at radius 2 is 1.81 bits per heavy atom. The maximum atomic E-state index is 12.3. The zero-order valence-electron chi connectivity index (χ0n) is 15.0. The Bertz CT molecular complexity index is 964. The maximum Gasteiger partial charge on any atom is 0.238 e. The molecule has 0 radical (unpaired) electrons. The average Bonchev–Trinajstić information content (AvgIpc) is 2.97. The Morgan fingerprint density at radius 1 is 1.08 bits per heavy atom. The van der Waals surface area contributed by atoms with Crippen molar-refractivity contribution in [3.63, 3.8) is 0 Å². The van der Waals surface area contributed by atoms with Crippen molar-refractivity contribution in [2.24, 2.45) is 0 Å². The molecule has 0 saturated heterocycles. The van der Waals surface area contributed by atoms with Gasteiger partial charge in [-0.15, -0.1) is 0 Å². The fraction of sp³-hybridized carbons (Fsp3) is 0.263. The van der Waals surface area contributed by atoms with Gasteiger partial charge in [-0.2, -0.15) is 0 Å². The van der Waals surface area contributed by atoms with E-state index >= 15 is 0 Å². The lowest BCUT2D eigenvalue weighted by molar-refractivity contribution is -0.122. The fourth-order valence-corrected chi connectivity index (χ4v) is 2.83. The third kappa shape index (κ3) is 3.62. The molecule has 7 nitrogen and oxygen atoms in total.